The molecule has 120 valence electrons. The van der Waals surface area contributed by atoms with Gasteiger partial charge in [0.1, 0.15) is 12.1 Å². The van der Waals surface area contributed by atoms with E-state index >= 15 is 0 Å². The Labute approximate surface area is 144 Å². The van der Waals surface area contributed by atoms with Gasteiger partial charge in [-0.25, -0.2) is 15.0 Å². The topological polar surface area (TPSA) is 59.7 Å². The van der Waals surface area contributed by atoms with E-state index < -0.39 is 0 Å². The van der Waals surface area contributed by atoms with Gasteiger partial charge in [0.2, 0.25) is 0 Å². The molecule has 0 aliphatic carbocycles. The molecule has 2 aromatic carbocycles. The van der Waals surface area contributed by atoms with Gasteiger partial charge in [0.15, 0.2) is 5.82 Å². The fourth-order valence-corrected chi connectivity index (χ4v) is 2.46. The third-order valence-electron chi connectivity index (χ3n) is 3.65. The predicted molar refractivity (Wildman–Crippen MR) is 98.3 cm³/mol. The summed E-state index contributed by atoms with van der Waals surface area (Å²) in [6, 6.07) is 13.5. The molecule has 0 unspecified atom stereocenters. The van der Waals surface area contributed by atoms with E-state index in [1.54, 1.807) is 30.8 Å². The normalized spacial score (nSPS) is 13.3. The standard InChI is InChI=1S/C20H14N4O/c1-2-6-18-15(5-1)9-11-21-10-3-4-12-25-16-7-8-19-17(13-16)20(24-18)23-14-22-19/h1-14H. The van der Waals surface area contributed by atoms with Crippen LogP contribution in [0.4, 0.5) is 5.82 Å². The summed E-state index contributed by atoms with van der Waals surface area (Å²) in [6.45, 7) is 0. The van der Waals surface area contributed by atoms with Crippen LogP contribution in [-0.2, 0) is 0 Å². The highest BCUT2D eigenvalue weighted by molar-refractivity contribution is 5.91. The number of nitrogens with zero attached hydrogens (tertiary/aromatic N) is 4. The van der Waals surface area contributed by atoms with E-state index in [2.05, 4.69) is 15.0 Å². The zero-order chi connectivity index (χ0) is 16.9. The second kappa shape index (κ2) is 6.88. The zero-order valence-corrected chi connectivity index (χ0v) is 13.3. The van der Waals surface area contributed by atoms with Crippen molar-refractivity contribution >= 4 is 29.0 Å². The molecule has 1 aliphatic rings. The van der Waals surface area contributed by atoms with Gasteiger partial charge in [0.25, 0.3) is 0 Å². The van der Waals surface area contributed by atoms with Crippen molar-refractivity contribution in [2.45, 2.75) is 0 Å². The van der Waals surface area contributed by atoms with Crippen LogP contribution in [0.5, 0.6) is 5.75 Å². The van der Waals surface area contributed by atoms with Crippen LogP contribution in [0.3, 0.4) is 0 Å². The molecule has 1 aliphatic heterocycles. The van der Waals surface area contributed by atoms with Gasteiger partial charge < -0.3 is 4.74 Å². The number of aliphatic imine (C=N–C) groups is 1. The number of fused-ring (bicyclic) bond motifs is 2. The van der Waals surface area contributed by atoms with E-state index in [0.29, 0.717) is 11.6 Å². The van der Waals surface area contributed by atoms with Crippen LogP contribution < -0.4 is 15.3 Å². The van der Waals surface area contributed by atoms with E-state index in [-0.39, 0.29) is 0 Å². The molecule has 0 fully saturated rings. The lowest BCUT2D eigenvalue weighted by molar-refractivity contribution is 0.482. The minimum atomic E-state index is 0.602. The molecule has 5 nitrogen and oxygen atoms in total. The number of hydrogen-bond donors (Lipinski definition) is 0. The van der Waals surface area contributed by atoms with Gasteiger partial charge in [0.05, 0.1) is 17.1 Å². The Bertz CT molecular complexity index is 1130. The molecular weight excluding hydrogens is 312 g/mol. The summed E-state index contributed by atoms with van der Waals surface area (Å²) in [5, 5.41) is 2.61. The lowest BCUT2D eigenvalue weighted by Gasteiger charge is -2.04. The second-order valence-electron chi connectivity index (χ2n) is 5.30. The van der Waals surface area contributed by atoms with Crippen molar-refractivity contribution in [2.24, 2.45) is 9.98 Å². The molecule has 2 heterocycles. The summed E-state index contributed by atoms with van der Waals surface area (Å²) in [5.41, 5.74) is 0.817. The number of ether oxygens (including phenoxy) is 1. The molecule has 0 saturated heterocycles. The number of hydrogen-bond acceptors (Lipinski definition) is 5. The first-order chi connectivity index (χ1) is 12.4. The molecule has 2 bridgehead atoms. The minimum Gasteiger partial charge on any atom is -0.465 e. The van der Waals surface area contributed by atoms with Crippen LogP contribution in [0.1, 0.15) is 0 Å². The van der Waals surface area contributed by atoms with Crippen molar-refractivity contribution in [3.63, 3.8) is 0 Å². The molecule has 3 aromatic rings. The van der Waals surface area contributed by atoms with E-state index in [1.165, 1.54) is 6.33 Å². The van der Waals surface area contributed by atoms with Crippen LogP contribution in [0.25, 0.3) is 17.0 Å². The molecule has 0 amide bonds. The van der Waals surface area contributed by atoms with Crippen molar-refractivity contribution in [3.05, 3.63) is 84.0 Å². The maximum absolute atomic E-state index is 5.62. The third kappa shape index (κ3) is 3.35. The number of allylic oxidation sites excluding steroid dienone is 2. The van der Waals surface area contributed by atoms with Gasteiger partial charge in [-0.3, -0.25) is 4.99 Å². The van der Waals surface area contributed by atoms with Crippen LogP contribution in [0, 0.1) is 0 Å². The zero-order valence-electron chi connectivity index (χ0n) is 13.3. The Morgan fingerprint density at radius 1 is 0.920 bits per heavy atom. The van der Waals surface area contributed by atoms with Crippen LogP contribution in [0.15, 0.2) is 83.4 Å². The Morgan fingerprint density at radius 2 is 1.88 bits per heavy atom. The fraction of sp³-hybridized carbons (Fsp3) is 0. The molecule has 0 radical (unpaired) electrons. The molecule has 25 heavy (non-hydrogen) atoms. The van der Waals surface area contributed by atoms with Gasteiger partial charge in [-0.05, 0) is 42.5 Å². The predicted octanol–water partition coefficient (Wildman–Crippen LogP) is 2.85. The first-order valence-corrected chi connectivity index (χ1v) is 7.80. The van der Waals surface area contributed by atoms with Crippen molar-refractivity contribution in [1.82, 2.24) is 9.97 Å². The largest absolute Gasteiger partial charge is 0.465 e. The highest BCUT2D eigenvalue weighted by Gasteiger charge is 2.04. The van der Waals surface area contributed by atoms with Crippen molar-refractivity contribution < 1.29 is 4.74 Å². The fourth-order valence-electron chi connectivity index (χ4n) is 2.46. The Kier molecular flexibility index (Phi) is 4.12. The lowest BCUT2D eigenvalue weighted by Crippen LogP contribution is -2.24. The van der Waals surface area contributed by atoms with Gasteiger partial charge in [0, 0.05) is 23.0 Å². The molecule has 0 spiro atoms. The lowest BCUT2D eigenvalue weighted by atomic mass is 10.2. The van der Waals surface area contributed by atoms with Crippen LogP contribution in [-0.4, -0.2) is 16.2 Å². The maximum atomic E-state index is 5.62. The molecule has 0 N–H and O–H groups in total. The molecular formula is C20H14N4O. The Hall–Kier alpha value is -3.60. The highest BCUT2D eigenvalue weighted by atomic mass is 16.5. The number of aromatic nitrogens is 2. The summed E-state index contributed by atoms with van der Waals surface area (Å²) in [6.07, 6.45) is 12.0. The number of para-hydroxylation sites is 1. The summed E-state index contributed by atoms with van der Waals surface area (Å²) < 4.78 is 5.62. The van der Waals surface area contributed by atoms with Gasteiger partial charge in [-0.2, -0.15) is 0 Å². The Morgan fingerprint density at radius 3 is 2.88 bits per heavy atom. The summed E-state index contributed by atoms with van der Waals surface area (Å²) in [4.78, 5) is 17.6. The summed E-state index contributed by atoms with van der Waals surface area (Å²) in [7, 11) is 0. The molecule has 0 saturated carbocycles. The van der Waals surface area contributed by atoms with Crippen molar-refractivity contribution in [2.75, 3.05) is 0 Å². The minimum absolute atomic E-state index is 0.602. The van der Waals surface area contributed by atoms with Crippen molar-refractivity contribution in [3.8, 4) is 5.75 Å². The molecule has 0 atom stereocenters. The van der Waals surface area contributed by atoms with Gasteiger partial charge >= 0.3 is 0 Å². The number of benzene rings is 2. The SMILES string of the molecule is C1=CN=CC=c2ccccc2=Nc2ncnc3ccc(cc23)OC=C1. The monoisotopic (exact) mass is 326 g/mol. The smallest absolute Gasteiger partial charge is 0.163 e. The van der Waals surface area contributed by atoms with Crippen LogP contribution in [0.2, 0.25) is 0 Å². The second-order valence-corrected chi connectivity index (χ2v) is 5.30. The first-order valence-electron chi connectivity index (χ1n) is 7.80. The van der Waals surface area contributed by atoms with E-state index in [1.807, 2.05) is 48.5 Å². The first kappa shape index (κ1) is 15.0. The van der Waals surface area contributed by atoms with Crippen molar-refractivity contribution in [1.29, 1.82) is 0 Å². The van der Waals surface area contributed by atoms with Gasteiger partial charge in [-0.15, -0.1) is 0 Å². The van der Waals surface area contributed by atoms with Gasteiger partial charge in [-0.1, -0.05) is 18.2 Å². The van der Waals surface area contributed by atoms with E-state index in [9.17, 15) is 0 Å². The molecule has 4 rings (SSSR count). The average Bonchev–Trinajstić information content (AvgIpc) is 2.65. The van der Waals surface area contributed by atoms with E-state index in [0.717, 1.165) is 21.5 Å². The quantitative estimate of drug-likeness (QED) is 0.638. The Balaban J connectivity index is 2.02. The highest BCUT2D eigenvalue weighted by Crippen LogP contribution is 2.25. The molecule has 1 aromatic heterocycles. The molecule has 5 heteroatoms. The van der Waals surface area contributed by atoms with E-state index in [4.69, 9.17) is 9.73 Å². The average molecular weight is 326 g/mol. The summed E-state index contributed by atoms with van der Waals surface area (Å²) in [5.74, 6) is 1.30. The third-order valence-corrected chi connectivity index (χ3v) is 3.65. The van der Waals surface area contributed by atoms with Crippen LogP contribution >= 0.6 is 0 Å². The maximum Gasteiger partial charge on any atom is 0.163 e. The summed E-state index contributed by atoms with van der Waals surface area (Å²) >= 11 is 0. The number of rotatable bonds is 0.